The lowest BCUT2D eigenvalue weighted by Crippen LogP contribution is -2.24. The molecule has 0 aliphatic heterocycles. The van der Waals surface area contributed by atoms with Crippen LogP contribution in [-0.4, -0.2) is 21.5 Å². The van der Waals surface area contributed by atoms with Crippen molar-refractivity contribution in [2.75, 3.05) is 6.54 Å². The standard InChI is InChI=1S/C17H18N4/c1-2-19-16(10-13-6-5-9-18-11-13)17-12-20-14-7-3-4-8-15(14)21-17/h3-9,11-12,16,19H,2,10H2,1H3. The molecule has 0 spiro atoms. The topological polar surface area (TPSA) is 50.7 Å². The van der Waals surface area contributed by atoms with Gasteiger partial charge in [-0.05, 0) is 36.7 Å². The maximum atomic E-state index is 4.74. The maximum Gasteiger partial charge on any atom is 0.0890 e. The number of para-hydroxylation sites is 2. The molecule has 0 saturated heterocycles. The predicted molar refractivity (Wildman–Crippen MR) is 83.9 cm³/mol. The van der Waals surface area contributed by atoms with Gasteiger partial charge in [0.25, 0.3) is 0 Å². The molecule has 1 aromatic carbocycles. The fourth-order valence-corrected chi connectivity index (χ4v) is 2.42. The first kappa shape index (κ1) is 13.6. The van der Waals surface area contributed by atoms with Crippen LogP contribution in [0, 0.1) is 0 Å². The molecule has 0 radical (unpaired) electrons. The van der Waals surface area contributed by atoms with E-state index in [-0.39, 0.29) is 6.04 Å². The smallest absolute Gasteiger partial charge is 0.0890 e. The van der Waals surface area contributed by atoms with Crippen molar-refractivity contribution in [1.82, 2.24) is 20.3 Å². The highest BCUT2D eigenvalue weighted by atomic mass is 14.9. The maximum absolute atomic E-state index is 4.74. The summed E-state index contributed by atoms with van der Waals surface area (Å²) in [5.41, 5.74) is 4.03. The van der Waals surface area contributed by atoms with Crippen LogP contribution in [-0.2, 0) is 6.42 Å². The zero-order valence-electron chi connectivity index (χ0n) is 12.0. The van der Waals surface area contributed by atoms with E-state index in [9.17, 15) is 0 Å². The number of nitrogens with one attached hydrogen (secondary N) is 1. The van der Waals surface area contributed by atoms with Crippen molar-refractivity contribution in [3.63, 3.8) is 0 Å². The van der Waals surface area contributed by atoms with Crippen molar-refractivity contribution >= 4 is 11.0 Å². The van der Waals surface area contributed by atoms with Crippen LogP contribution in [0.25, 0.3) is 11.0 Å². The Kier molecular flexibility index (Phi) is 4.17. The second-order valence-corrected chi connectivity index (χ2v) is 4.96. The van der Waals surface area contributed by atoms with E-state index in [1.807, 2.05) is 42.7 Å². The summed E-state index contributed by atoms with van der Waals surface area (Å²) in [7, 11) is 0. The summed E-state index contributed by atoms with van der Waals surface area (Å²) in [4.78, 5) is 13.4. The minimum Gasteiger partial charge on any atom is -0.309 e. The van der Waals surface area contributed by atoms with Crippen LogP contribution in [0.5, 0.6) is 0 Å². The zero-order chi connectivity index (χ0) is 14.5. The van der Waals surface area contributed by atoms with Gasteiger partial charge in [-0.3, -0.25) is 9.97 Å². The quantitative estimate of drug-likeness (QED) is 0.779. The van der Waals surface area contributed by atoms with E-state index in [0.717, 1.165) is 29.7 Å². The lowest BCUT2D eigenvalue weighted by Gasteiger charge is -2.17. The van der Waals surface area contributed by atoms with Crippen LogP contribution < -0.4 is 5.32 Å². The summed E-state index contributed by atoms with van der Waals surface area (Å²) < 4.78 is 0. The van der Waals surface area contributed by atoms with Gasteiger partial charge in [-0.1, -0.05) is 25.1 Å². The molecule has 0 fully saturated rings. The Balaban J connectivity index is 1.91. The highest BCUT2D eigenvalue weighted by molar-refractivity contribution is 5.73. The molecule has 0 bridgehead atoms. The van der Waals surface area contributed by atoms with Crippen LogP contribution in [0.1, 0.15) is 24.2 Å². The minimum absolute atomic E-state index is 0.149. The van der Waals surface area contributed by atoms with Gasteiger partial charge in [-0.25, -0.2) is 4.98 Å². The number of pyridine rings is 1. The predicted octanol–water partition coefficient (Wildman–Crippen LogP) is 2.92. The lowest BCUT2D eigenvalue weighted by molar-refractivity contribution is 0.536. The summed E-state index contributed by atoms with van der Waals surface area (Å²) in [5.74, 6) is 0. The van der Waals surface area contributed by atoms with E-state index in [4.69, 9.17) is 4.98 Å². The van der Waals surface area contributed by atoms with Gasteiger partial charge in [-0.15, -0.1) is 0 Å². The van der Waals surface area contributed by atoms with Gasteiger partial charge in [0.2, 0.25) is 0 Å². The van der Waals surface area contributed by atoms with Crippen molar-refractivity contribution in [3.05, 3.63) is 66.2 Å². The number of rotatable bonds is 5. The number of fused-ring (bicyclic) bond motifs is 1. The molecule has 21 heavy (non-hydrogen) atoms. The molecular formula is C17H18N4. The van der Waals surface area contributed by atoms with Crippen LogP contribution in [0.2, 0.25) is 0 Å². The molecule has 4 nitrogen and oxygen atoms in total. The van der Waals surface area contributed by atoms with Crippen LogP contribution >= 0.6 is 0 Å². The first-order valence-corrected chi connectivity index (χ1v) is 7.21. The molecule has 3 rings (SSSR count). The first-order chi connectivity index (χ1) is 10.4. The molecule has 0 amide bonds. The molecule has 3 aromatic rings. The summed E-state index contributed by atoms with van der Waals surface area (Å²) in [6.45, 7) is 2.99. The molecule has 0 aliphatic carbocycles. The largest absolute Gasteiger partial charge is 0.309 e. The van der Waals surface area contributed by atoms with Crippen molar-refractivity contribution in [2.45, 2.75) is 19.4 Å². The molecule has 106 valence electrons. The van der Waals surface area contributed by atoms with Crippen LogP contribution in [0.3, 0.4) is 0 Å². The van der Waals surface area contributed by atoms with E-state index in [1.54, 1.807) is 6.20 Å². The Hall–Kier alpha value is -2.33. The van der Waals surface area contributed by atoms with Gasteiger partial charge in [-0.2, -0.15) is 0 Å². The second kappa shape index (κ2) is 6.41. The Morgan fingerprint density at radius 3 is 2.67 bits per heavy atom. The van der Waals surface area contributed by atoms with Gasteiger partial charge >= 0.3 is 0 Å². The number of aromatic nitrogens is 3. The number of nitrogens with zero attached hydrogens (tertiary/aromatic N) is 3. The monoisotopic (exact) mass is 278 g/mol. The van der Waals surface area contributed by atoms with E-state index in [0.29, 0.717) is 0 Å². The summed E-state index contributed by atoms with van der Waals surface area (Å²) in [6, 6.07) is 12.2. The minimum atomic E-state index is 0.149. The summed E-state index contributed by atoms with van der Waals surface area (Å²) >= 11 is 0. The van der Waals surface area contributed by atoms with Gasteiger partial charge in [0, 0.05) is 12.4 Å². The molecule has 0 aliphatic rings. The molecular weight excluding hydrogens is 260 g/mol. The Morgan fingerprint density at radius 1 is 1.05 bits per heavy atom. The van der Waals surface area contributed by atoms with Crippen molar-refractivity contribution < 1.29 is 0 Å². The van der Waals surface area contributed by atoms with Gasteiger partial charge in [0.1, 0.15) is 0 Å². The van der Waals surface area contributed by atoms with Crippen molar-refractivity contribution in [2.24, 2.45) is 0 Å². The molecule has 4 heteroatoms. The van der Waals surface area contributed by atoms with Gasteiger partial charge in [0.15, 0.2) is 0 Å². The average Bonchev–Trinajstić information content (AvgIpc) is 2.55. The van der Waals surface area contributed by atoms with Crippen molar-refractivity contribution in [1.29, 1.82) is 0 Å². The van der Waals surface area contributed by atoms with E-state index in [2.05, 4.69) is 28.3 Å². The Bertz CT molecular complexity index is 712. The number of benzene rings is 1. The summed E-state index contributed by atoms with van der Waals surface area (Å²) in [5, 5.41) is 3.48. The third kappa shape index (κ3) is 3.23. The molecule has 0 saturated carbocycles. The average molecular weight is 278 g/mol. The van der Waals surface area contributed by atoms with Gasteiger partial charge < -0.3 is 5.32 Å². The number of likely N-dealkylation sites (N-methyl/N-ethyl adjacent to an activating group) is 1. The highest BCUT2D eigenvalue weighted by Gasteiger charge is 2.14. The van der Waals surface area contributed by atoms with E-state index in [1.165, 1.54) is 5.56 Å². The molecule has 1 atom stereocenters. The normalized spacial score (nSPS) is 12.4. The third-order valence-electron chi connectivity index (χ3n) is 3.44. The van der Waals surface area contributed by atoms with E-state index >= 15 is 0 Å². The fraction of sp³-hybridized carbons (Fsp3) is 0.235. The highest BCUT2D eigenvalue weighted by Crippen LogP contribution is 2.18. The van der Waals surface area contributed by atoms with Crippen LogP contribution in [0.4, 0.5) is 0 Å². The molecule has 1 N–H and O–H groups in total. The Labute approximate surface area is 124 Å². The first-order valence-electron chi connectivity index (χ1n) is 7.21. The SMILES string of the molecule is CCNC(Cc1cccnc1)c1cnc2ccccc2n1. The molecule has 2 heterocycles. The fourth-order valence-electron chi connectivity index (χ4n) is 2.42. The van der Waals surface area contributed by atoms with Crippen LogP contribution in [0.15, 0.2) is 55.0 Å². The second-order valence-electron chi connectivity index (χ2n) is 4.96. The number of hydrogen-bond donors (Lipinski definition) is 1. The summed E-state index contributed by atoms with van der Waals surface area (Å²) in [6.07, 6.45) is 6.42. The zero-order valence-corrected chi connectivity index (χ0v) is 12.0. The Morgan fingerprint density at radius 2 is 1.90 bits per heavy atom. The number of hydrogen-bond acceptors (Lipinski definition) is 4. The van der Waals surface area contributed by atoms with Crippen molar-refractivity contribution in [3.8, 4) is 0 Å². The van der Waals surface area contributed by atoms with E-state index < -0.39 is 0 Å². The van der Waals surface area contributed by atoms with Gasteiger partial charge in [0.05, 0.1) is 29.0 Å². The lowest BCUT2D eigenvalue weighted by atomic mass is 10.0. The molecule has 1 unspecified atom stereocenters. The molecule has 2 aromatic heterocycles. The third-order valence-corrected chi connectivity index (χ3v) is 3.44.